The van der Waals surface area contributed by atoms with Gasteiger partial charge in [-0.15, -0.1) is 0 Å². The SMILES string of the molecule is C=COC1CCC2(C)C(C1)CC1C3CC(C)C3(C)CCC12. The van der Waals surface area contributed by atoms with Gasteiger partial charge in [0.05, 0.1) is 12.4 Å². The highest BCUT2D eigenvalue weighted by molar-refractivity contribution is 5.13. The van der Waals surface area contributed by atoms with E-state index in [1.165, 1.54) is 44.9 Å². The molecule has 118 valence electrons. The Hall–Kier alpha value is -0.460. The van der Waals surface area contributed by atoms with Gasteiger partial charge >= 0.3 is 0 Å². The molecule has 0 radical (unpaired) electrons. The van der Waals surface area contributed by atoms with Crippen LogP contribution in [0.1, 0.15) is 65.7 Å². The molecule has 4 aliphatic carbocycles. The van der Waals surface area contributed by atoms with Crippen LogP contribution >= 0.6 is 0 Å². The Balaban J connectivity index is 1.56. The zero-order valence-corrected chi connectivity index (χ0v) is 14.1. The lowest BCUT2D eigenvalue weighted by Crippen LogP contribution is -2.54. The molecule has 0 heterocycles. The van der Waals surface area contributed by atoms with Crippen LogP contribution in [0.5, 0.6) is 0 Å². The van der Waals surface area contributed by atoms with Crippen molar-refractivity contribution in [1.29, 1.82) is 0 Å². The highest BCUT2D eigenvalue weighted by Crippen LogP contribution is 2.71. The van der Waals surface area contributed by atoms with Gasteiger partial charge in [0.1, 0.15) is 0 Å². The molecule has 4 fully saturated rings. The summed E-state index contributed by atoms with van der Waals surface area (Å²) in [4.78, 5) is 0. The van der Waals surface area contributed by atoms with E-state index in [0.29, 0.717) is 16.9 Å². The van der Waals surface area contributed by atoms with Crippen molar-refractivity contribution in [3.8, 4) is 0 Å². The normalized spacial score (nSPS) is 58.4. The lowest BCUT2D eigenvalue weighted by molar-refractivity contribution is -0.125. The van der Waals surface area contributed by atoms with E-state index in [2.05, 4.69) is 27.4 Å². The van der Waals surface area contributed by atoms with Gasteiger partial charge < -0.3 is 4.74 Å². The molecule has 0 aromatic heterocycles. The predicted molar refractivity (Wildman–Crippen MR) is 86.7 cm³/mol. The molecule has 0 bridgehead atoms. The number of fused-ring (bicyclic) bond motifs is 5. The maximum atomic E-state index is 5.75. The molecule has 0 spiro atoms. The van der Waals surface area contributed by atoms with Crippen molar-refractivity contribution in [2.45, 2.75) is 71.8 Å². The molecule has 4 rings (SSSR count). The summed E-state index contributed by atoms with van der Waals surface area (Å²) in [7, 11) is 0. The van der Waals surface area contributed by atoms with Crippen LogP contribution in [-0.2, 0) is 4.74 Å². The molecule has 21 heavy (non-hydrogen) atoms. The Morgan fingerprint density at radius 2 is 1.76 bits per heavy atom. The van der Waals surface area contributed by atoms with Crippen molar-refractivity contribution < 1.29 is 4.74 Å². The van der Waals surface area contributed by atoms with Crippen LogP contribution in [0.2, 0.25) is 0 Å². The highest BCUT2D eigenvalue weighted by atomic mass is 16.5. The van der Waals surface area contributed by atoms with Crippen LogP contribution < -0.4 is 0 Å². The van der Waals surface area contributed by atoms with Gasteiger partial charge in [-0.3, -0.25) is 0 Å². The minimum Gasteiger partial charge on any atom is -0.499 e. The third kappa shape index (κ3) is 1.75. The van der Waals surface area contributed by atoms with Gasteiger partial charge in [-0.1, -0.05) is 27.4 Å². The molecule has 4 aliphatic rings. The first-order valence-electron chi connectivity index (χ1n) is 9.25. The molecule has 0 aromatic carbocycles. The second-order valence-corrected chi connectivity index (χ2v) is 9.20. The summed E-state index contributed by atoms with van der Waals surface area (Å²) >= 11 is 0. The molecule has 0 aromatic rings. The fraction of sp³-hybridized carbons (Fsp3) is 0.900. The van der Waals surface area contributed by atoms with Crippen molar-refractivity contribution in [3.05, 3.63) is 12.8 Å². The Bertz CT molecular complexity index is 443. The summed E-state index contributed by atoms with van der Waals surface area (Å²) in [5.41, 5.74) is 1.30. The molecular formula is C20H32O. The molecule has 8 atom stereocenters. The average Bonchev–Trinajstić information content (AvgIpc) is 2.74. The van der Waals surface area contributed by atoms with E-state index in [1.807, 2.05) is 0 Å². The minimum atomic E-state index is 0.451. The highest BCUT2D eigenvalue weighted by Gasteiger charge is 2.64. The average molecular weight is 288 g/mol. The standard InChI is InChI=1S/C20H32O/c1-5-21-15-6-8-20(4)14(11-15)12-16-17(20)7-9-19(3)13(2)10-18(16)19/h5,13-18H,1,6-12H2,2-4H3. The first kappa shape index (κ1) is 14.2. The van der Waals surface area contributed by atoms with Gasteiger partial charge in [-0.05, 0) is 85.4 Å². The van der Waals surface area contributed by atoms with E-state index in [0.717, 1.165) is 29.6 Å². The summed E-state index contributed by atoms with van der Waals surface area (Å²) in [6, 6.07) is 0. The molecule has 1 nitrogen and oxygen atoms in total. The first-order valence-corrected chi connectivity index (χ1v) is 9.25. The molecular weight excluding hydrogens is 256 g/mol. The number of ether oxygens (including phenoxy) is 1. The fourth-order valence-electron chi connectivity index (χ4n) is 7.15. The first-order chi connectivity index (χ1) is 9.99. The van der Waals surface area contributed by atoms with Gasteiger partial charge in [-0.2, -0.15) is 0 Å². The Morgan fingerprint density at radius 3 is 2.48 bits per heavy atom. The molecule has 1 heteroatoms. The zero-order valence-electron chi connectivity index (χ0n) is 14.1. The van der Waals surface area contributed by atoms with E-state index in [4.69, 9.17) is 4.74 Å². The van der Waals surface area contributed by atoms with E-state index < -0.39 is 0 Å². The summed E-state index contributed by atoms with van der Waals surface area (Å²) in [6.45, 7) is 11.5. The van der Waals surface area contributed by atoms with Crippen molar-refractivity contribution >= 4 is 0 Å². The maximum Gasteiger partial charge on any atom is 0.0981 e. The third-order valence-electron chi connectivity index (χ3n) is 8.79. The van der Waals surface area contributed by atoms with Crippen LogP contribution in [0.15, 0.2) is 12.8 Å². The number of hydrogen-bond acceptors (Lipinski definition) is 1. The van der Waals surface area contributed by atoms with Gasteiger partial charge in [-0.25, -0.2) is 0 Å². The molecule has 0 amide bonds. The summed E-state index contributed by atoms with van der Waals surface area (Å²) in [5.74, 6) is 4.95. The summed E-state index contributed by atoms with van der Waals surface area (Å²) in [6.07, 6.45) is 12.0. The van der Waals surface area contributed by atoms with Gasteiger partial charge in [0, 0.05) is 0 Å². The second kappa shape index (κ2) is 4.52. The topological polar surface area (TPSA) is 9.23 Å². The van der Waals surface area contributed by atoms with Gasteiger partial charge in [0.15, 0.2) is 0 Å². The smallest absolute Gasteiger partial charge is 0.0981 e. The predicted octanol–water partition coefficient (Wildman–Crippen LogP) is 5.41. The van der Waals surface area contributed by atoms with Crippen molar-refractivity contribution in [3.63, 3.8) is 0 Å². The van der Waals surface area contributed by atoms with Crippen LogP contribution in [-0.4, -0.2) is 6.10 Å². The maximum absolute atomic E-state index is 5.75. The van der Waals surface area contributed by atoms with Crippen LogP contribution in [0.25, 0.3) is 0 Å². The third-order valence-corrected chi connectivity index (χ3v) is 8.79. The van der Waals surface area contributed by atoms with Crippen LogP contribution in [0.4, 0.5) is 0 Å². The number of hydrogen-bond donors (Lipinski definition) is 0. The zero-order chi connectivity index (χ0) is 14.8. The minimum absolute atomic E-state index is 0.451. The molecule has 8 unspecified atom stereocenters. The molecule has 0 saturated heterocycles. The Labute approximate surface area is 130 Å². The van der Waals surface area contributed by atoms with Gasteiger partial charge in [0.2, 0.25) is 0 Å². The molecule has 0 N–H and O–H groups in total. The lowest BCUT2D eigenvalue weighted by Gasteiger charge is -2.61. The monoisotopic (exact) mass is 288 g/mol. The van der Waals surface area contributed by atoms with E-state index in [1.54, 1.807) is 6.26 Å². The Morgan fingerprint density at radius 1 is 1.00 bits per heavy atom. The lowest BCUT2D eigenvalue weighted by atomic mass is 9.43. The second-order valence-electron chi connectivity index (χ2n) is 9.20. The summed E-state index contributed by atoms with van der Waals surface area (Å²) in [5, 5.41) is 0. The van der Waals surface area contributed by atoms with Gasteiger partial charge in [0.25, 0.3) is 0 Å². The van der Waals surface area contributed by atoms with Crippen LogP contribution in [0, 0.1) is 40.4 Å². The van der Waals surface area contributed by atoms with E-state index in [9.17, 15) is 0 Å². The van der Waals surface area contributed by atoms with Crippen molar-refractivity contribution in [2.75, 3.05) is 0 Å². The quantitative estimate of drug-likeness (QED) is 0.617. The van der Waals surface area contributed by atoms with Crippen molar-refractivity contribution in [1.82, 2.24) is 0 Å². The van der Waals surface area contributed by atoms with Crippen molar-refractivity contribution in [2.24, 2.45) is 40.4 Å². The van der Waals surface area contributed by atoms with E-state index in [-0.39, 0.29) is 0 Å². The Kier molecular flexibility index (Phi) is 3.05. The molecule has 0 aliphatic heterocycles. The molecule has 4 saturated carbocycles. The largest absolute Gasteiger partial charge is 0.499 e. The van der Waals surface area contributed by atoms with Crippen LogP contribution in [0.3, 0.4) is 0 Å². The summed E-state index contributed by atoms with van der Waals surface area (Å²) < 4.78 is 5.75. The number of rotatable bonds is 2. The van der Waals surface area contributed by atoms with E-state index >= 15 is 0 Å². The fourth-order valence-corrected chi connectivity index (χ4v) is 7.15.